The summed E-state index contributed by atoms with van der Waals surface area (Å²) in [7, 11) is -1.53. The van der Waals surface area contributed by atoms with Gasteiger partial charge in [0.15, 0.2) is 0 Å². The lowest BCUT2D eigenvalue weighted by Crippen LogP contribution is -2.38. The molecule has 0 spiro atoms. The Hall–Kier alpha value is -0.130. The third-order valence-corrected chi connectivity index (χ3v) is 4.35. The van der Waals surface area contributed by atoms with Crippen molar-refractivity contribution < 1.29 is 8.42 Å². The van der Waals surface area contributed by atoms with E-state index in [4.69, 9.17) is 5.73 Å². The van der Waals surface area contributed by atoms with Crippen LogP contribution in [0.3, 0.4) is 0 Å². The summed E-state index contributed by atoms with van der Waals surface area (Å²) in [6.07, 6.45) is 3.67. The molecule has 0 aliphatic heterocycles. The fraction of sp³-hybridized carbons (Fsp3) is 1.00. The SMILES string of the molecule is CCCCC(N)CS(=O)(=O)N(C)CCC. The van der Waals surface area contributed by atoms with E-state index < -0.39 is 10.0 Å². The van der Waals surface area contributed by atoms with E-state index in [9.17, 15) is 8.42 Å². The molecule has 0 aromatic carbocycles. The molecule has 0 aromatic heterocycles. The quantitative estimate of drug-likeness (QED) is 0.688. The van der Waals surface area contributed by atoms with E-state index in [1.54, 1.807) is 7.05 Å². The molecular formula is C10H24N2O2S. The Morgan fingerprint density at radius 2 is 1.87 bits per heavy atom. The zero-order chi connectivity index (χ0) is 11.9. The molecular weight excluding hydrogens is 212 g/mol. The monoisotopic (exact) mass is 236 g/mol. The number of hydrogen-bond donors (Lipinski definition) is 1. The first kappa shape index (κ1) is 14.9. The molecule has 4 nitrogen and oxygen atoms in total. The molecule has 0 aliphatic carbocycles. The summed E-state index contributed by atoms with van der Waals surface area (Å²) in [5.74, 6) is 0.0729. The van der Waals surface area contributed by atoms with E-state index >= 15 is 0 Å². The molecule has 0 saturated carbocycles. The smallest absolute Gasteiger partial charge is 0.215 e. The van der Waals surface area contributed by atoms with Gasteiger partial charge in [0, 0.05) is 19.6 Å². The third-order valence-electron chi connectivity index (χ3n) is 2.37. The third kappa shape index (κ3) is 6.12. The topological polar surface area (TPSA) is 63.4 Å². The van der Waals surface area contributed by atoms with Crippen LogP contribution < -0.4 is 5.73 Å². The van der Waals surface area contributed by atoms with E-state index in [0.29, 0.717) is 6.54 Å². The van der Waals surface area contributed by atoms with E-state index in [1.165, 1.54) is 4.31 Å². The summed E-state index contributed by atoms with van der Waals surface area (Å²) in [6.45, 7) is 4.61. The highest BCUT2D eigenvalue weighted by Crippen LogP contribution is 2.05. The molecule has 0 rings (SSSR count). The predicted molar refractivity (Wildman–Crippen MR) is 64.2 cm³/mol. The second-order valence-electron chi connectivity index (χ2n) is 4.00. The van der Waals surface area contributed by atoms with Crippen molar-refractivity contribution in [1.29, 1.82) is 0 Å². The zero-order valence-electron chi connectivity index (χ0n) is 10.1. The molecule has 0 amide bonds. The van der Waals surface area contributed by atoms with Gasteiger partial charge in [0.1, 0.15) is 0 Å². The van der Waals surface area contributed by atoms with Gasteiger partial charge in [0.05, 0.1) is 5.75 Å². The van der Waals surface area contributed by atoms with E-state index in [2.05, 4.69) is 6.92 Å². The van der Waals surface area contributed by atoms with Crippen LogP contribution in [0.15, 0.2) is 0 Å². The van der Waals surface area contributed by atoms with Crippen molar-refractivity contribution in [2.45, 2.75) is 45.6 Å². The summed E-state index contributed by atoms with van der Waals surface area (Å²) in [5, 5.41) is 0. The Bertz CT molecular complexity index is 252. The van der Waals surface area contributed by atoms with Crippen LogP contribution in [-0.4, -0.2) is 38.1 Å². The maximum Gasteiger partial charge on any atom is 0.215 e. The Kier molecular flexibility index (Phi) is 7.13. The lowest BCUT2D eigenvalue weighted by molar-refractivity contribution is 0.461. The first-order chi connectivity index (χ1) is 6.94. The van der Waals surface area contributed by atoms with Crippen LogP contribution in [0.25, 0.3) is 0 Å². The number of unbranched alkanes of at least 4 members (excludes halogenated alkanes) is 1. The van der Waals surface area contributed by atoms with Crippen LogP contribution in [0.4, 0.5) is 0 Å². The molecule has 0 bridgehead atoms. The fourth-order valence-electron chi connectivity index (χ4n) is 1.40. The molecule has 5 heteroatoms. The van der Waals surface area contributed by atoms with Crippen LogP contribution >= 0.6 is 0 Å². The van der Waals surface area contributed by atoms with Crippen molar-refractivity contribution in [3.05, 3.63) is 0 Å². The first-order valence-electron chi connectivity index (χ1n) is 5.63. The largest absolute Gasteiger partial charge is 0.327 e. The molecule has 2 N–H and O–H groups in total. The highest BCUT2D eigenvalue weighted by molar-refractivity contribution is 7.89. The number of nitrogens with zero attached hydrogens (tertiary/aromatic N) is 1. The van der Waals surface area contributed by atoms with Crippen LogP contribution in [0.1, 0.15) is 39.5 Å². The number of nitrogens with two attached hydrogens (primary N) is 1. The number of sulfonamides is 1. The van der Waals surface area contributed by atoms with Gasteiger partial charge in [0.25, 0.3) is 0 Å². The van der Waals surface area contributed by atoms with Crippen LogP contribution in [-0.2, 0) is 10.0 Å². The molecule has 0 fully saturated rings. The second-order valence-corrected chi connectivity index (χ2v) is 6.12. The molecule has 0 aromatic rings. The highest BCUT2D eigenvalue weighted by atomic mass is 32.2. The predicted octanol–water partition coefficient (Wildman–Crippen LogP) is 1.18. The van der Waals surface area contributed by atoms with Crippen LogP contribution in [0, 0.1) is 0 Å². The van der Waals surface area contributed by atoms with Crippen molar-refractivity contribution in [3.63, 3.8) is 0 Å². The molecule has 0 radical (unpaired) electrons. The molecule has 1 atom stereocenters. The molecule has 15 heavy (non-hydrogen) atoms. The van der Waals surface area contributed by atoms with Gasteiger partial charge in [-0.05, 0) is 12.8 Å². The van der Waals surface area contributed by atoms with Gasteiger partial charge in [-0.1, -0.05) is 26.7 Å². The summed E-state index contributed by atoms with van der Waals surface area (Å²) in [4.78, 5) is 0. The normalized spacial score (nSPS) is 14.5. The van der Waals surface area contributed by atoms with E-state index in [1.807, 2.05) is 6.92 Å². The second kappa shape index (κ2) is 7.19. The summed E-state index contributed by atoms with van der Waals surface area (Å²) in [6, 6.07) is -0.228. The van der Waals surface area contributed by atoms with E-state index in [0.717, 1.165) is 25.7 Å². The lowest BCUT2D eigenvalue weighted by atomic mass is 10.2. The van der Waals surface area contributed by atoms with Crippen molar-refractivity contribution in [3.8, 4) is 0 Å². The van der Waals surface area contributed by atoms with E-state index in [-0.39, 0.29) is 11.8 Å². The molecule has 0 saturated heterocycles. The average Bonchev–Trinajstić information content (AvgIpc) is 2.14. The van der Waals surface area contributed by atoms with Gasteiger partial charge >= 0.3 is 0 Å². The van der Waals surface area contributed by atoms with Crippen molar-refractivity contribution in [2.24, 2.45) is 5.73 Å². The molecule has 0 aliphatic rings. The summed E-state index contributed by atoms with van der Waals surface area (Å²) >= 11 is 0. The van der Waals surface area contributed by atoms with Gasteiger partial charge in [0.2, 0.25) is 10.0 Å². The summed E-state index contributed by atoms with van der Waals surface area (Å²) < 4.78 is 24.9. The van der Waals surface area contributed by atoms with Crippen LogP contribution in [0.5, 0.6) is 0 Å². The van der Waals surface area contributed by atoms with Crippen molar-refractivity contribution >= 4 is 10.0 Å². The van der Waals surface area contributed by atoms with Gasteiger partial charge in [-0.25, -0.2) is 12.7 Å². The van der Waals surface area contributed by atoms with Crippen molar-refractivity contribution in [1.82, 2.24) is 4.31 Å². The maximum atomic E-state index is 11.7. The van der Waals surface area contributed by atoms with Crippen molar-refractivity contribution in [2.75, 3.05) is 19.3 Å². The van der Waals surface area contributed by atoms with Gasteiger partial charge in [-0.15, -0.1) is 0 Å². The Morgan fingerprint density at radius 3 is 2.33 bits per heavy atom. The van der Waals surface area contributed by atoms with Gasteiger partial charge < -0.3 is 5.73 Å². The zero-order valence-corrected chi connectivity index (χ0v) is 10.9. The highest BCUT2D eigenvalue weighted by Gasteiger charge is 2.20. The van der Waals surface area contributed by atoms with Gasteiger partial charge in [-0.3, -0.25) is 0 Å². The standard InChI is InChI=1S/C10H24N2O2S/c1-4-6-7-10(11)9-15(13,14)12(3)8-5-2/h10H,4-9,11H2,1-3H3. The minimum atomic E-state index is -3.14. The number of hydrogen-bond acceptors (Lipinski definition) is 3. The Morgan fingerprint density at radius 1 is 1.27 bits per heavy atom. The number of rotatable bonds is 8. The molecule has 0 heterocycles. The molecule has 92 valence electrons. The maximum absolute atomic E-state index is 11.7. The van der Waals surface area contributed by atoms with Crippen LogP contribution in [0.2, 0.25) is 0 Å². The average molecular weight is 236 g/mol. The fourth-order valence-corrected chi connectivity index (χ4v) is 2.82. The Labute approximate surface area is 93.9 Å². The lowest BCUT2D eigenvalue weighted by Gasteiger charge is -2.19. The minimum absolute atomic E-state index is 0.0729. The first-order valence-corrected chi connectivity index (χ1v) is 7.24. The molecule has 1 unspecified atom stereocenters. The summed E-state index contributed by atoms with van der Waals surface area (Å²) in [5.41, 5.74) is 5.77. The minimum Gasteiger partial charge on any atom is -0.327 e. The van der Waals surface area contributed by atoms with Gasteiger partial charge in [-0.2, -0.15) is 0 Å². The Balaban J connectivity index is 4.12.